The molecule has 1 aromatic rings. The highest BCUT2D eigenvalue weighted by atomic mass is 35.5. The smallest absolute Gasteiger partial charge is 0.236 e. The lowest BCUT2D eigenvalue weighted by Gasteiger charge is -2.32. The first-order valence-corrected chi connectivity index (χ1v) is 9.53. The molecule has 144 valence electrons. The number of rotatable bonds is 4. The first-order valence-electron chi connectivity index (χ1n) is 9.53. The van der Waals surface area contributed by atoms with E-state index in [9.17, 15) is 4.79 Å². The number of allylic oxidation sites excluding steroid dienone is 1. The number of carbonyl (C=O) groups is 1. The zero-order chi connectivity index (χ0) is 17.5. The maximum absolute atomic E-state index is 12.5. The molecule has 0 spiro atoms. The van der Waals surface area contributed by atoms with Crippen molar-refractivity contribution in [1.29, 1.82) is 0 Å². The van der Waals surface area contributed by atoms with E-state index in [1.807, 2.05) is 4.90 Å². The Morgan fingerprint density at radius 2 is 1.85 bits per heavy atom. The van der Waals surface area contributed by atoms with Crippen molar-refractivity contribution in [2.75, 3.05) is 45.9 Å². The van der Waals surface area contributed by atoms with Crippen LogP contribution in [0.1, 0.15) is 30.4 Å². The van der Waals surface area contributed by atoms with Crippen molar-refractivity contribution in [1.82, 2.24) is 9.80 Å². The molecule has 0 unspecified atom stereocenters. The Morgan fingerprint density at radius 1 is 1.12 bits per heavy atom. The molecule has 0 atom stereocenters. The van der Waals surface area contributed by atoms with Crippen LogP contribution in [0.5, 0.6) is 0 Å². The number of likely N-dealkylation sites (tertiary alicyclic amines) is 1. The minimum absolute atomic E-state index is 0. The van der Waals surface area contributed by atoms with Crippen LogP contribution in [-0.4, -0.2) is 61.6 Å². The molecule has 3 rings (SSSR count). The zero-order valence-corrected chi connectivity index (χ0v) is 16.5. The van der Waals surface area contributed by atoms with Gasteiger partial charge in [-0.15, -0.1) is 12.4 Å². The SMILES string of the molecule is Cc1ccc(/C=C/C2CCN(C(=O)CN3CCCOCC3)CC2)cc1.Cl. The minimum Gasteiger partial charge on any atom is -0.380 e. The summed E-state index contributed by atoms with van der Waals surface area (Å²) in [6, 6.07) is 8.62. The first-order chi connectivity index (χ1) is 12.2. The van der Waals surface area contributed by atoms with Gasteiger partial charge in [-0.3, -0.25) is 9.69 Å². The number of amides is 1. The summed E-state index contributed by atoms with van der Waals surface area (Å²) in [5, 5.41) is 0. The van der Waals surface area contributed by atoms with Crippen molar-refractivity contribution in [2.45, 2.75) is 26.2 Å². The molecule has 0 radical (unpaired) electrons. The fourth-order valence-electron chi connectivity index (χ4n) is 3.51. The number of nitrogens with zero attached hydrogens (tertiary/aromatic N) is 2. The standard InChI is InChI=1S/C21H30N2O2.ClH/c1-18-3-5-19(6-4-18)7-8-20-9-12-23(13-10-20)21(24)17-22-11-2-15-25-16-14-22;/h3-8,20H,2,9-17H2,1H3;1H/b8-7+;. The molecular formula is C21H31ClN2O2. The molecule has 2 aliphatic rings. The Bertz CT molecular complexity index is 572. The van der Waals surface area contributed by atoms with Gasteiger partial charge in [0.25, 0.3) is 0 Å². The largest absolute Gasteiger partial charge is 0.380 e. The highest BCUT2D eigenvalue weighted by Gasteiger charge is 2.23. The van der Waals surface area contributed by atoms with Gasteiger partial charge in [0.05, 0.1) is 13.2 Å². The summed E-state index contributed by atoms with van der Waals surface area (Å²) in [6.07, 6.45) is 7.70. The van der Waals surface area contributed by atoms with Crippen molar-refractivity contribution in [3.8, 4) is 0 Å². The predicted molar refractivity (Wildman–Crippen MR) is 109 cm³/mol. The molecule has 0 aromatic heterocycles. The molecule has 0 aliphatic carbocycles. The maximum Gasteiger partial charge on any atom is 0.236 e. The monoisotopic (exact) mass is 378 g/mol. The molecule has 2 heterocycles. The molecule has 1 amide bonds. The van der Waals surface area contributed by atoms with Crippen LogP contribution in [0.4, 0.5) is 0 Å². The lowest BCUT2D eigenvalue weighted by molar-refractivity contribution is -0.133. The molecule has 2 fully saturated rings. The number of piperidine rings is 1. The summed E-state index contributed by atoms with van der Waals surface area (Å²) in [6.45, 7) is 7.84. The van der Waals surface area contributed by atoms with Gasteiger partial charge in [-0.2, -0.15) is 0 Å². The maximum atomic E-state index is 12.5. The van der Waals surface area contributed by atoms with Gasteiger partial charge in [0.1, 0.15) is 0 Å². The quantitative estimate of drug-likeness (QED) is 0.805. The minimum atomic E-state index is 0. The average Bonchev–Trinajstić information content (AvgIpc) is 2.90. The van der Waals surface area contributed by atoms with E-state index in [1.165, 1.54) is 11.1 Å². The van der Waals surface area contributed by atoms with Crippen LogP contribution in [0.15, 0.2) is 30.3 Å². The normalized spacial score (nSPS) is 20.0. The summed E-state index contributed by atoms with van der Waals surface area (Å²) < 4.78 is 5.46. The second kappa shape index (κ2) is 10.7. The number of halogens is 1. The fourth-order valence-corrected chi connectivity index (χ4v) is 3.51. The summed E-state index contributed by atoms with van der Waals surface area (Å²) in [4.78, 5) is 16.8. The molecule has 0 N–H and O–H groups in total. The highest BCUT2D eigenvalue weighted by Crippen LogP contribution is 2.20. The molecule has 0 bridgehead atoms. The number of aryl methyl sites for hydroxylation is 1. The highest BCUT2D eigenvalue weighted by molar-refractivity contribution is 5.85. The predicted octanol–water partition coefficient (Wildman–Crippen LogP) is 3.39. The molecule has 1 aromatic carbocycles. The number of carbonyl (C=O) groups excluding carboxylic acids is 1. The summed E-state index contributed by atoms with van der Waals surface area (Å²) >= 11 is 0. The molecule has 5 heteroatoms. The van der Waals surface area contributed by atoms with Gasteiger partial charge in [-0.25, -0.2) is 0 Å². The van der Waals surface area contributed by atoms with Crippen molar-refractivity contribution in [2.24, 2.45) is 5.92 Å². The Labute approximate surface area is 163 Å². The van der Waals surface area contributed by atoms with Crippen LogP contribution in [0.3, 0.4) is 0 Å². The van der Waals surface area contributed by atoms with E-state index >= 15 is 0 Å². The molecule has 2 saturated heterocycles. The van der Waals surface area contributed by atoms with Crippen molar-refractivity contribution < 1.29 is 9.53 Å². The number of hydrogen-bond acceptors (Lipinski definition) is 3. The van der Waals surface area contributed by atoms with Gasteiger partial charge in [0.2, 0.25) is 5.91 Å². The van der Waals surface area contributed by atoms with Gasteiger partial charge in [0.15, 0.2) is 0 Å². The zero-order valence-electron chi connectivity index (χ0n) is 15.7. The third-order valence-electron chi connectivity index (χ3n) is 5.20. The number of hydrogen-bond donors (Lipinski definition) is 0. The van der Waals surface area contributed by atoms with Crippen molar-refractivity contribution in [3.63, 3.8) is 0 Å². The second-order valence-corrected chi connectivity index (χ2v) is 7.23. The van der Waals surface area contributed by atoms with Gasteiger partial charge in [0, 0.05) is 32.8 Å². The molecule has 0 saturated carbocycles. The van der Waals surface area contributed by atoms with E-state index < -0.39 is 0 Å². The lowest BCUT2D eigenvalue weighted by atomic mass is 9.95. The molecular weight excluding hydrogens is 348 g/mol. The van der Waals surface area contributed by atoms with Crippen molar-refractivity contribution in [3.05, 3.63) is 41.5 Å². The Hall–Kier alpha value is -1.36. The Balaban J connectivity index is 0.00000243. The Morgan fingerprint density at radius 3 is 2.58 bits per heavy atom. The van der Waals surface area contributed by atoms with E-state index in [1.54, 1.807) is 0 Å². The van der Waals surface area contributed by atoms with Crippen LogP contribution in [0, 0.1) is 12.8 Å². The van der Waals surface area contributed by atoms with Crippen molar-refractivity contribution >= 4 is 24.4 Å². The third-order valence-corrected chi connectivity index (χ3v) is 5.20. The fraction of sp³-hybridized carbons (Fsp3) is 0.571. The molecule has 26 heavy (non-hydrogen) atoms. The van der Waals surface area contributed by atoms with E-state index in [2.05, 4.69) is 48.2 Å². The topological polar surface area (TPSA) is 32.8 Å². The molecule has 2 aliphatic heterocycles. The number of benzene rings is 1. The first kappa shape index (κ1) is 20.9. The molecule has 4 nitrogen and oxygen atoms in total. The lowest BCUT2D eigenvalue weighted by Crippen LogP contribution is -2.44. The number of ether oxygens (including phenoxy) is 1. The van der Waals surface area contributed by atoms with Gasteiger partial charge < -0.3 is 9.64 Å². The average molecular weight is 379 g/mol. The third kappa shape index (κ3) is 6.42. The summed E-state index contributed by atoms with van der Waals surface area (Å²) in [7, 11) is 0. The summed E-state index contributed by atoms with van der Waals surface area (Å²) in [5.41, 5.74) is 2.55. The second-order valence-electron chi connectivity index (χ2n) is 7.23. The summed E-state index contributed by atoms with van der Waals surface area (Å²) in [5.74, 6) is 0.861. The Kier molecular flexibility index (Phi) is 8.63. The van der Waals surface area contributed by atoms with Crippen LogP contribution in [0.2, 0.25) is 0 Å². The van der Waals surface area contributed by atoms with Crippen LogP contribution in [0.25, 0.3) is 6.08 Å². The van der Waals surface area contributed by atoms with Gasteiger partial charge in [-0.05, 0) is 37.7 Å². The van der Waals surface area contributed by atoms with Crippen LogP contribution < -0.4 is 0 Å². The van der Waals surface area contributed by atoms with Crippen LogP contribution >= 0.6 is 12.4 Å². The van der Waals surface area contributed by atoms with Gasteiger partial charge in [-0.1, -0.05) is 42.0 Å². The van der Waals surface area contributed by atoms with E-state index in [-0.39, 0.29) is 18.3 Å². The van der Waals surface area contributed by atoms with Gasteiger partial charge >= 0.3 is 0 Å². The van der Waals surface area contributed by atoms with E-state index in [0.717, 1.165) is 58.7 Å². The van der Waals surface area contributed by atoms with E-state index in [0.29, 0.717) is 12.5 Å². The van der Waals surface area contributed by atoms with E-state index in [4.69, 9.17) is 4.74 Å². The van der Waals surface area contributed by atoms with Crippen LogP contribution in [-0.2, 0) is 9.53 Å².